The zero-order valence-electron chi connectivity index (χ0n) is 13.0. The van der Waals surface area contributed by atoms with Crippen molar-refractivity contribution >= 4 is 16.8 Å². The summed E-state index contributed by atoms with van der Waals surface area (Å²) in [5.74, 6) is -0.160. The van der Waals surface area contributed by atoms with Crippen LogP contribution in [0.1, 0.15) is 21.5 Å². The van der Waals surface area contributed by atoms with Crippen molar-refractivity contribution < 1.29 is 9.90 Å². The molecule has 4 nitrogen and oxygen atoms in total. The fourth-order valence-corrected chi connectivity index (χ4v) is 2.78. The Morgan fingerprint density at radius 1 is 1.22 bits per heavy atom. The lowest BCUT2D eigenvalue weighted by Crippen LogP contribution is -2.39. The summed E-state index contributed by atoms with van der Waals surface area (Å²) in [6.45, 7) is 1.85. The summed E-state index contributed by atoms with van der Waals surface area (Å²) in [7, 11) is 0. The molecule has 23 heavy (non-hydrogen) atoms. The van der Waals surface area contributed by atoms with Crippen LogP contribution in [0, 0.1) is 6.92 Å². The molecule has 118 valence electrons. The van der Waals surface area contributed by atoms with Crippen molar-refractivity contribution in [1.82, 2.24) is 10.3 Å². The van der Waals surface area contributed by atoms with Gasteiger partial charge in [-0.1, -0.05) is 35.9 Å². The van der Waals surface area contributed by atoms with Crippen LogP contribution in [0.3, 0.4) is 0 Å². The number of aromatic nitrogens is 1. The van der Waals surface area contributed by atoms with Crippen molar-refractivity contribution in [2.75, 3.05) is 6.61 Å². The maximum atomic E-state index is 12.3. The van der Waals surface area contributed by atoms with Crippen LogP contribution < -0.4 is 5.32 Å². The molecule has 3 aromatic rings. The third-order valence-electron chi connectivity index (χ3n) is 3.98. The summed E-state index contributed by atoms with van der Waals surface area (Å²) in [5, 5.41) is 13.7. The molecule has 0 fully saturated rings. The predicted molar refractivity (Wildman–Crippen MR) is 91.5 cm³/mol. The van der Waals surface area contributed by atoms with Crippen LogP contribution in [-0.2, 0) is 6.42 Å². The van der Waals surface area contributed by atoms with E-state index in [-0.39, 0.29) is 18.6 Å². The number of hydrogen-bond donors (Lipinski definition) is 3. The number of aryl methyl sites for hydroxylation is 1. The van der Waals surface area contributed by atoms with E-state index in [4.69, 9.17) is 0 Å². The molecule has 0 aliphatic rings. The second kappa shape index (κ2) is 6.67. The Balaban J connectivity index is 1.74. The fourth-order valence-electron chi connectivity index (χ4n) is 2.78. The smallest absolute Gasteiger partial charge is 0.251 e. The van der Waals surface area contributed by atoms with Gasteiger partial charge in [-0.2, -0.15) is 0 Å². The number of aromatic amines is 1. The molecular weight excluding hydrogens is 288 g/mol. The zero-order chi connectivity index (χ0) is 16.2. The van der Waals surface area contributed by atoms with Crippen molar-refractivity contribution in [1.29, 1.82) is 0 Å². The van der Waals surface area contributed by atoms with Crippen LogP contribution >= 0.6 is 0 Å². The van der Waals surface area contributed by atoms with Gasteiger partial charge in [0.15, 0.2) is 0 Å². The van der Waals surface area contributed by atoms with Gasteiger partial charge in [0.05, 0.1) is 12.6 Å². The van der Waals surface area contributed by atoms with Gasteiger partial charge in [0.25, 0.3) is 5.91 Å². The number of hydrogen-bond acceptors (Lipinski definition) is 2. The van der Waals surface area contributed by atoms with E-state index in [0.717, 1.165) is 22.0 Å². The Bertz CT molecular complexity index is 823. The Morgan fingerprint density at radius 3 is 2.83 bits per heavy atom. The summed E-state index contributed by atoms with van der Waals surface area (Å²) < 4.78 is 0. The molecule has 3 N–H and O–H groups in total. The molecule has 1 heterocycles. The second-order valence-electron chi connectivity index (χ2n) is 5.79. The number of H-pyrrole nitrogens is 1. The van der Waals surface area contributed by atoms with Gasteiger partial charge < -0.3 is 15.4 Å². The molecule has 1 aromatic heterocycles. The molecule has 1 amide bonds. The lowest BCUT2D eigenvalue weighted by Gasteiger charge is -2.16. The average molecular weight is 308 g/mol. The third-order valence-corrected chi connectivity index (χ3v) is 3.98. The number of benzene rings is 2. The van der Waals surface area contributed by atoms with E-state index in [9.17, 15) is 9.90 Å². The molecule has 1 atom stereocenters. The average Bonchev–Trinajstić information content (AvgIpc) is 2.97. The number of fused-ring (bicyclic) bond motifs is 1. The maximum absolute atomic E-state index is 12.3. The van der Waals surface area contributed by atoms with E-state index >= 15 is 0 Å². The highest BCUT2D eigenvalue weighted by molar-refractivity contribution is 5.94. The van der Waals surface area contributed by atoms with Gasteiger partial charge in [-0.15, -0.1) is 0 Å². The first kappa shape index (κ1) is 15.3. The first-order chi connectivity index (χ1) is 11.2. The van der Waals surface area contributed by atoms with Gasteiger partial charge in [0, 0.05) is 22.7 Å². The predicted octanol–water partition coefficient (Wildman–Crippen LogP) is 2.81. The van der Waals surface area contributed by atoms with E-state index in [1.165, 1.54) is 0 Å². The van der Waals surface area contributed by atoms with Crippen molar-refractivity contribution in [3.05, 3.63) is 71.4 Å². The number of para-hydroxylation sites is 1. The minimum Gasteiger partial charge on any atom is -0.394 e. The molecule has 0 aliphatic carbocycles. The largest absolute Gasteiger partial charge is 0.394 e. The number of nitrogens with one attached hydrogen (secondary N) is 2. The van der Waals surface area contributed by atoms with Gasteiger partial charge in [-0.3, -0.25) is 4.79 Å². The molecule has 0 bridgehead atoms. The summed E-state index contributed by atoms with van der Waals surface area (Å²) in [6, 6.07) is 15.1. The van der Waals surface area contributed by atoms with Crippen molar-refractivity contribution in [2.45, 2.75) is 19.4 Å². The van der Waals surface area contributed by atoms with E-state index in [1.807, 2.05) is 55.6 Å². The van der Waals surface area contributed by atoms with Crippen molar-refractivity contribution in [3.8, 4) is 0 Å². The summed E-state index contributed by atoms with van der Waals surface area (Å²) in [4.78, 5) is 15.5. The SMILES string of the molecule is Cc1cccc(C(=O)NC(CO)Cc2c[nH]c3ccccc23)c1. The lowest BCUT2D eigenvalue weighted by atomic mass is 10.0. The van der Waals surface area contributed by atoms with Crippen LogP contribution in [0.2, 0.25) is 0 Å². The normalized spacial score (nSPS) is 12.3. The van der Waals surface area contributed by atoms with Gasteiger partial charge in [0.2, 0.25) is 0 Å². The molecule has 4 heteroatoms. The molecule has 0 saturated heterocycles. The number of aliphatic hydroxyl groups excluding tert-OH is 1. The molecule has 0 radical (unpaired) electrons. The van der Waals surface area contributed by atoms with Crippen LogP contribution in [0.25, 0.3) is 10.9 Å². The molecule has 0 aliphatic heterocycles. The standard InChI is InChI=1S/C19H20N2O2/c1-13-5-4-6-14(9-13)19(23)21-16(12-22)10-15-11-20-18-8-3-2-7-17(15)18/h2-9,11,16,20,22H,10,12H2,1H3,(H,21,23). The first-order valence-electron chi connectivity index (χ1n) is 7.71. The van der Waals surface area contributed by atoms with E-state index < -0.39 is 0 Å². The quantitative estimate of drug-likeness (QED) is 0.678. The molecule has 2 aromatic carbocycles. The maximum Gasteiger partial charge on any atom is 0.251 e. The number of rotatable bonds is 5. The van der Waals surface area contributed by atoms with Crippen molar-refractivity contribution in [2.24, 2.45) is 0 Å². The highest BCUT2D eigenvalue weighted by Gasteiger charge is 2.15. The number of carbonyl (C=O) groups is 1. The summed E-state index contributed by atoms with van der Waals surface area (Å²) in [5.41, 5.74) is 3.80. The Morgan fingerprint density at radius 2 is 2.04 bits per heavy atom. The van der Waals surface area contributed by atoms with Crippen LogP contribution in [0.4, 0.5) is 0 Å². The summed E-state index contributed by atoms with van der Waals surface area (Å²) >= 11 is 0. The van der Waals surface area contributed by atoms with E-state index in [0.29, 0.717) is 12.0 Å². The van der Waals surface area contributed by atoms with Gasteiger partial charge in [-0.25, -0.2) is 0 Å². The fraction of sp³-hybridized carbons (Fsp3) is 0.211. The minimum atomic E-state index is -0.317. The van der Waals surface area contributed by atoms with E-state index in [1.54, 1.807) is 6.07 Å². The number of amides is 1. The molecule has 3 rings (SSSR count). The molecule has 0 spiro atoms. The van der Waals surface area contributed by atoms with E-state index in [2.05, 4.69) is 10.3 Å². The van der Waals surface area contributed by atoms with Crippen molar-refractivity contribution in [3.63, 3.8) is 0 Å². The monoisotopic (exact) mass is 308 g/mol. The Hall–Kier alpha value is -2.59. The molecule has 1 unspecified atom stereocenters. The molecular formula is C19H20N2O2. The highest BCUT2D eigenvalue weighted by atomic mass is 16.3. The molecule has 0 saturated carbocycles. The van der Waals surface area contributed by atoms with Crippen LogP contribution in [0.5, 0.6) is 0 Å². The second-order valence-corrected chi connectivity index (χ2v) is 5.79. The minimum absolute atomic E-state index is 0.100. The summed E-state index contributed by atoms with van der Waals surface area (Å²) in [6.07, 6.45) is 2.52. The van der Waals surface area contributed by atoms with Gasteiger partial charge >= 0.3 is 0 Å². The topological polar surface area (TPSA) is 65.1 Å². The first-order valence-corrected chi connectivity index (χ1v) is 7.71. The van der Waals surface area contributed by atoms with Crippen LogP contribution in [-0.4, -0.2) is 28.6 Å². The van der Waals surface area contributed by atoms with Gasteiger partial charge in [0.1, 0.15) is 0 Å². The number of aliphatic hydroxyl groups is 1. The number of carbonyl (C=O) groups excluding carboxylic acids is 1. The highest BCUT2D eigenvalue weighted by Crippen LogP contribution is 2.19. The van der Waals surface area contributed by atoms with Crippen LogP contribution in [0.15, 0.2) is 54.7 Å². The van der Waals surface area contributed by atoms with Gasteiger partial charge in [-0.05, 0) is 37.1 Å². The lowest BCUT2D eigenvalue weighted by molar-refractivity contribution is 0.0916. The third kappa shape index (κ3) is 3.43. The zero-order valence-corrected chi connectivity index (χ0v) is 13.0. The Kier molecular flexibility index (Phi) is 4.44. The Labute approximate surface area is 135 Å².